The largest absolute Gasteiger partial charge is 0.383 e. The van der Waals surface area contributed by atoms with Gasteiger partial charge in [0.1, 0.15) is 0 Å². The molecule has 1 heterocycles. The summed E-state index contributed by atoms with van der Waals surface area (Å²) in [7, 11) is 0. The van der Waals surface area contributed by atoms with Crippen molar-refractivity contribution in [3.63, 3.8) is 0 Å². The summed E-state index contributed by atoms with van der Waals surface area (Å²) < 4.78 is 0. The number of hydrogen-bond acceptors (Lipinski definition) is 3. The van der Waals surface area contributed by atoms with E-state index in [1.807, 2.05) is 36.4 Å². The molecule has 0 aliphatic heterocycles. The molecule has 0 saturated heterocycles. The van der Waals surface area contributed by atoms with Gasteiger partial charge in [0.15, 0.2) is 0 Å². The molecule has 0 aliphatic carbocycles. The van der Waals surface area contributed by atoms with E-state index in [1.54, 1.807) is 12.3 Å². The number of nitrogens with zero attached hydrogens (tertiary/aromatic N) is 1. The lowest BCUT2D eigenvalue weighted by Gasteiger charge is -2.28. The first-order valence-corrected chi connectivity index (χ1v) is 9.44. The van der Waals surface area contributed by atoms with Crippen LogP contribution in [0.1, 0.15) is 19.4 Å². The highest BCUT2D eigenvalue weighted by Gasteiger charge is 2.17. The minimum absolute atomic E-state index is 0. The predicted molar refractivity (Wildman–Crippen MR) is 127 cm³/mol. The highest BCUT2D eigenvalue weighted by atomic mass is 35.5. The number of nitrogens with one attached hydrogen (secondary N) is 2. The van der Waals surface area contributed by atoms with Crippen LogP contribution in [0.25, 0.3) is 10.9 Å². The number of aromatic nitrogens is 1. The lowest BCUT2D eigenvalue weighted by atomic mass is 10.0. The van der Waals surface area contributed by atoms with Crippen LogP contribution in [0.5, 0.6) is 0 Å². The average molecular weight is 482 g/mol. The van der Waals surface area contributed by atoms with Gasteiger partial charge in [-0.05, 0) is 61.9 Å². The van der Waals surface area contributed by atoms with Crippen LogP contribution >= 0.6 is 59.6 Å². The number of pyridine rings is 1. The molecule has 0 amide bonds. The van der Waals surface area contributed by atoms with Crippen molar-refractivity contribution in [3.8, 4) is 0 Å². The zero-order valence-electron chi connectivity index (χ0n) is 15.4. The maximum Gasteiger partial charge on any atom is 0.0737 e. The first-order valence-electron chi connectivity index (χ1n) is 8.31. The second-order valence-corrected chi connectivity index (χ2v) is 8.20. The summed E-state index contributed by atoms with van der Waals surface area (Å²) in [5.41, 5.74) is 2.82. The average Bonchev–Trinajstić information content (AvgIpc) is 2.57. The van der Waals surface area contributed by atoms with Crippen molar-refractivity contribution in [2.45, 2.75) is 25.9 Å². The standard InChI is InChI=1S/C20H20Cl3N3.2ClH/c1-20(2,26-11-13-7-15(22)9-16(23)8-13)12-25-18-5-6-24-19-10-14(21)3-4-17(18)19;;/h3-10,26H,11-12H2,1-2H3,(H,24,25);2*1H. The van der Waals surface area contributed by atoms with Crippen molar-refractivity contribution < 1.29 is 0 Å². The van der Waals surface area contributed by atoms with E-state index in [0.717, 1.165) is 28.7 Å². The van der Waals surface area contributed by atoms with Gasteiger partial charge in [-0.15, -0.1) is 24.8 Å². The highest BCUT2D eigenvalue weighted by Crippen LogP contribution is 2.25. The molecular formula is C20H22Cl5N3. The molecule has 3 rings (SSSR count). The van der Waals surface area contributed by atoms with Gasteiger partial charge in [-0.25, -0.2) is 0 Å². The van der Waals surface area contributed by atoms with Gasteiger partial charge < -0.3 is 10.6 Å². The van der Waals surface area contributed by atoms with Crippen molar-refractivity contribution in [2.75, 3.05) is 11.9 Å². The topological polar surface area (TPSA) is 37.0 Å². The van der Waals surface area contributed by atoms with Gasteiger partial charge in [-0.1, -0.05) is 34.8 Å². The third-order valence-electron chi connectivity index (χ3n) is 4.12. The molecule has 152 valence electrons. The Morgan fingerprint density at radius 3 is 2.25 bits per heavy atom. The smallest absolute Gasteiger partial charge is 0.0737 e. The predicted octanol–water partition coefficient (Wildman–Crippen LogP) is 7.02. The van der Waals surface area contributed by atoms with Gasteiger partial charge in [0, 0.05) is 51.0 Å². The van der Waals surface area contributed by atoms with Gasteiger partial charge >= 0.3 is 0 Å². The monoisotopic (exact) mass is 479 g/mol. The van der Waals surface area contributed by atoms with Crippen LogP contribution in [-0.2, 0) is 6.54 Å². The number of rotatable bonds is 6. The number of fused-ring (bicyclic) bond motifs is 1. The Balaban J connectivity index is 0.00000196. The number of hydrogen-bond donors (Lipinski definition) is 2. The Bertz CT molecular complexity index is 911. The quantitative estimate of drug-likeness (QED) is 0.397. The second-order valence-electron chi connectivity index (χ2n) is 6.89. The van der Waals surface area contributed by atoms with Crippen molar-refractivity contribution in [2.24, 2.45) is 0 Å². The SMILES string of the molecule is CC(C)(CNc1ccnc2cc(Cl)ccc12)NCc1cc(Cl)cc(Cl)c1.Cl.Cl. The molecule has 8 heteroatoms. The van der Waals surface area contributed by atoms with Crippen molar-refractivity contribution >= 4 is 76.2 Å². The third kappa shape index (κ3) is 6.84. The van der Waals surface area contributed by atoms with Crippen LogP contribution in [0.15, 0.2) is 48.7 Å². The molecule has 0 spiro atoms. The third-order valence-corrected chi connectivity index (χ3v) is 4.79. The van der Waals surface area contributed by atoms with Crippen LogP contribution < -0.4 is 10.6 Å². The van der Waals surface area contributed by atoms with Crippen LogP contribution in [0.4, 0.5) is 5.69 Å². The summed E-state index contributed by atoms with van der Waals surface area (Å²) >= 11 is 18.2. The van der Waals surface area contributed by atoms with E-state index in [1.165, 1.54) is 0 Å². The van der Waals surface area contributed by atoms with Crippen LogP contribution in [0.3, 0.4) is 0 Å². The lowest BCUT2D eigenvalue weighted by Crippen LogP contribution is -2.44. The summed E-state index contributed by atoms with van der Waals surface area (Å²) in [5, 5.41) is 10.1. The molecule has 0 atom stereocenters. The molecule has 28 heavy (non-hydrogen) atoms. The Kier molecular flexibility index (Phi) is 9.61. The minimum Gasteiger partial charge on any atom is -0.383 e. The second kappa shape index (κ2) is 10.7. The molecule has 2 N–H and O–H groups in total. The molecule has 1 aromatic heterocycles. The van der Waals surface area contributed by atoms with E-state index in [2.05, 4.69) is 29.5 Å². The van der Waals surface area contributed by atoms with Crippen molar-refractivity contribution in [1.29, 1.82) is 0 Å². The molecule has 0 fully saturated rings. The molecule has 0 unspecified atom stereocenters. The molecule has 0 aliphatic rings. The highest BCUT2D eigenvalue weighted by molar-refractivity contribution is 6.34. The molecule has 3 nitrogen and oxygen atoms in total. The Morgan fingerprint density at radius 1 is 0.893 bits per heavy atom. The van der Waals surface area contributed by atoms with Gasteiger partial charge in [0.2, 0.25) is 0 Å². The zero-order chi connectivity index (χ0) is 18.7. The summed E-state index contributed by atoms with van der Waals surface area (Å²) in [6, 6.07) is 13.3. The first kappa shape index (κ1) is 25.1. The maximum atomic E-state index is 6.07. The summed E-state index contributed by atoms with van der Waals surface area (Å²) in [5.74, 6) is 0. The lowest BCUT2D eigenvalue weighted by molar-refractivity contribution is 0.407. The fourth-order valence-corrected chi connectivity index (χ4v) is 3.45. The molecule has 0 radical (unpaired) electrons. The molecule has 0 bridgehead atoms. The Morgan fingerprint density at radius 2 is 1.57 bits per heavy atom. The van der Waals surface area contributed by atoms with Crippen molar-refractivity contribution in [3.05, 3.63) is 69.3 Å². The van der Waals surface area contributed by atoms with E-state index in [0.29, 0.717) is 21.6 Å². The summed E-state index contributed by atoms with van der Waals surface area (Å²) in [6.45, 7) is 5.71. The number of halogens is 5. The normalized spacial score (nSPS) is 10.9. The first-order chi connectivity index (χ1) is 12.3. The van der Waals surface area contributed by atoms with Gasteiger partial charge in [-0.3, -0.25) is 4.98 Å². The van der Waals surface area contributed by atoms with Gasteiger partial charge in [0.25, 0.3) is 0 Å². The number of benzene rings is 2. The van der Waals surface area contributed by atoms with E-state index in [4.69, 9.17) is 34.8 Å². The fraction of sp³-hybridized carbons (Fsp3) is 0.250. The molecular weight excluding hydrogens is 460 g/mol. The van der Waals surface area contributed by atoms with Crippen LogP contribution in [-0.4, -0.2) is 17.1 Å². The van der Waals surface area contributed by atoms with Crippen molar-refractivity contribution in [1.82, 2.24) is 10.3 Å². The summed E-state index contributed by atoms with van der Waals surface area (Å²) in [4.78, 5) is 4.37. The van der Waals surface area contributed by atoms with E-state index >= 15 is 0 Å². The minimum atomic E-state index is -0.142. The zero-order valence-corrected chi connectivity index (χ0v) is 19.3. The van der Waals surface area contributed by atoms with E-state index in [-0.39, 0.29) is 30.4 Å². The fourth-order valence-electron chi connectivity index (χ4n) is 2.71. The Hall–Kier alpha value is -0.940. The van der Waals surface area contributed by atoms with Crippen LogP contribution in [0, 0.1) is 0 Å². The van der Waals surface area contributed by atoms with E-state index < -0.39 is 0 Å². The molecule has 0 saturated carbocycles. The Labute approximate surface area is 193 Å². The molecule has 3 aromatic rings. The molecule has 2 aromatic carbocycles. The van der Waals surface area contributed by atoms with Crippen LogP contribution in [0.2, 0.25) is 15.1 Å². The van der Waals surface area contributed by atoms with E-state index in [9.17, 15) is 0 Å². The number of anilines is 1. The van der Waals surface area contributed by atoms with Gasteiger partial charge in [-0.2, -0.15) is 0 Å². The van der Waals surface area contributed by atoms with Gasteiger partial charge in [0.05, 0.1) is 5.52 Å². The maximum absolute atomic E-state index is 6.07. The summed E-state index contributed by atoms with van der Waals surface area (Å²) in [6.07, 6.45) is 1.79.